The molecule has 29 heavy (non-hydrogen) atoms. The van der Waals surface area contributed by atoms with Gasteiger partial charge < -0.3 is 14.4 Å². The summed E-state index contributed by atoms with van der Waals surface area (Å²) in [5.74, 6) is 1.10. The molecule has 150 valence electrons. The van der Waals surface area contributed by atoms with Gasteiger partial charge in [-0.1, -0.05) is 35.5 Å². The van der Waals surface area contributed by atoms with Crippen LogP contribution in [0.5, 0.6) is 0 Å². The first-order valence-corrected chi connectivity index (χ1v) is 9.43. The third-order valence-corrected chi connectivity index (χ3v) is 4.90. The van der Waals surface area contributed by atoms with E-state index < -0.39 is 0 Å². The summed E-state index contributed by atoms with van der Waals surface area (Å²) in [6.45, 7) is 6.96. The molecule has 2 heterocycles. The monoisotopic (exact) mass is 391 g/mol. The Hall–Kier alpha value is -3.37. The lowest BCUT2D eigenvalue weighted by Gasteiger charge is -2.17. The topological polar surface area (TPSA) is 87.1 Å². The lowest BCUT2D eigenvalue weighted by Crippen LogP contribution is -2.31. The standard InChI is InChI=1S/C22H25N5O2/c1-15-10-19(25-29-15)13-26(4)14-21(28)24-22-20(11-23)16(2)17(3)27(22)12-18-8-6-5-7-9-18/h5-10H,12-14H2,1-4H3,(H,24,28). The molecule has 2 aromatic heterocycles. The summed E-state index contributed by atoms with van der Waals surface area (Å²) in [5.41, 5.74) is 4.22. The number of amides is 1. The van der Waals surface area contributed by atoms with Gasteiger partial charge in [-0.15, -0.1) is 0 Å². The average Bonchev–Trinajstić information content (AvgIpc) is 3.18. The van der Waals surface area contributed by atoms with E-state index in [1.54, 1.807) is 0 Å². The summed E-state index contributed by atoms with van der Waals surface area (Å²) in [4.78, 5) is 14.5. The molecule has 3 aromatic rings. The third-order valence-electron chi connectivity index (χ3n) is 4.90. The highest BCUT2D eigenvalue weighted by Gasteiger charge is 2.20. The summed E-state index contributed by atoms with van der Waals surface area (Å²) >= 11 is 0. The molecule has 0 fully saturated rings. The van der Waals surface area contributed by atoms with Gasteiger partial charge in [-0.3, -0.25) is 9.69 Å². The van der Waals surface area contributed by atoms with Crippen LogP contribution in [0.4, 0.5) is 5.82 Å². The van der Waals surface area contributed by atoms with E-state index in [0.29, 0.717) is 24.5 Å². The van der Waals surface area contributed by atoms with Crippen LogP contribution in [-0.4, -0.2) is 34.1 Å². The molecule has 0 spiro atoms. The Morgan fingerprint density at radius 3 is 2.62 bits per heavy atom. The number of carbonyl (C=O) groups excluding carboxylic acids is 1. The number of hydrogen-bond acceptors (Lipinski definition) is 5. The van der Waals surface area contributed by atoms with Crippen LogP contribution in [0.15, 0.2) is 40.9 Å². The van der Waals surface area contributed by atoms with Crippen molar-refractivity contribution < 1.29 is 9.32 Å². The predicted octanol–water partition coefficient (Wildman–Crippen LogP) is 3.39. The number of benzene rings is 1. The van der Waals surface area contributed by atoms with Crippen LogP contribution < -0.4 is 5.32 Å². The number of carbonyl (C=O) groups is 1. The average molecular weight is 391 g/mol. The molecule has 0 radical (unpaired) electrons. The Kier molecular flexibility index (Phi) is 6.15. The summed E-state index contributed by atoms with van der Waals surface area (Å²) < 4.78 is 7.06. The largest absolute Gasteiger partial charge is 0.361 e. The van der Waals surface area contributed by atoms with Crippen LogP contribution in [0.1, 0.15) is 33.8 Å². The number of nitrogens with one attached hydrogen (secondary N) is 1. The Morgan fingerprint density at radius 1 is 1.28 bits per heavy atom. The molecule has 0 saturated carbocycles. The van der Waals surface area contributed by atoms with Gasteiger partial charge in [-0.25, -0.2) is 0 Å². The van der Waals surface area contributed by atoms with Gasteiger partial charge in [0, 0.05) is 24.8 Å². The Bertz CT molecular complexity index is 1040. The fraction of sp³-hybridized carbons (Fsp3) is 0.318. The van der Waals surface area contributed by atoms with Crippen molar-refractivity contribution in [1.29, 1.82) is 5.26 Å². The lowest BCUT2D eigenvalue weighted by atomic mass is 10.2. The summed E-state index contributed by atoms with van der Waals surface area (Å²) in [7, 11) is 1.84. The molecule has 1 N–H and O–H groups in total. The van der Waals surface area contributed by atoms with Gasteiger partial charge in [-0.2, -0.15) is 5.26 Å². The maximum absolute atomic E-state index is 12.7. The summed E-state index contributed by atoms with van der Waals surface area (Å²) in [6.07, 6.45) is 0. The molecule has 0 saturated heterocycles. The van der Waals surface area contributed by atoms with Crippen molar-refractivity contribution in [3.8, 4) is 6.07 Å². The fourth-order valence-electron chi connectivity index (χ4n) is 3.34. The molecule has 0 aliphatic rings. The molecular formula is C22H25N5O2. The maximum Gasteiger partial charge on any atom is 0.239 e. The molecule has 1 amide bonds. The number of likely N-dealkylation sites (N-methyl/N-ethyl adjacent to an activating group) is 1. The van der Waals surface area contributed by atoms with Crippen LogP contribution in [0.3, 0.4) is 0 Å². The Morgan fingerprint density at radius 2 is 2.00 bits per heavy atom. The van der Waals surface area contributed by atoms with Crippen LogP contribution in [0.2, 0.25) is 0 Å². The highest BCUT2D eigenvalue weighted by atomic mass is 16.5. The van der Waals surface area contributed by atoms with Crippen LogP contribution in [0, 0.1) is 32.1 Å². The van der Waals surface area contributed by atoms with E-state index in [1.807, 2.05) is 73.7 Å². The van der Waals surface area contributed by atoms with Crippen molar-refractivity contribution in [2.75, 3.05) is 18.9 Å². The molecule has 1 aromatic carbocycles. The molecule has 0 atom stereocenters. The Balaban J connectivity index is 1.77. The second-order valence-electron chi connectivity index (χ2n) is 7.27. The number of aromatic nitrogens is 2. The van der Waals surface area contributed by atoms with E-state index in [4.69, 9.17) is 4.52 Å². The van der Waals surface area contributed by atoms with E-state index in [0.717, 1.165) is 28.3 Å². The van der Waals surface area contributed by atoms with Crippen molar-refractivity contribution in [1.82, 2.24) is 14.6 Å². The van der Waals surface area contributed by atoms with Crippen molar-refractivity contribution in [2.45, 2.75) is 33.9 Å². The minimum atomic E-state index is -0.184. The number of rotatable bonds is 7. The zero-order valence-corrected chi connectivity index (χ0v) is 17.2. The predicted molar refractivity (Wildman–Crippen MR) is 110 cm³/mol. The molecule has 0 aliphatic heterocycles. The molecule has 0 unspecified atom stereocenters. The zero-order valence-electron chi connectivity index (χ0n) is 17.2. The molecule has 0 aliphatic carbocycles. The second-order valence-corrected chi connectivity index (χ2v) is 7.27. The van der Waals surface area contributed by atoms with Crippen molar-refractivity contribution in [3.05, 3.63) is 70.2 Å². The zero-order chi connectivity index (χ0) is 21.0. The van der Waals surface area contributed by atoms with Crippen molar-refractivity contribution >= 4 is 11.7 Å². The van der Waals surface area contributed by atoms with E-state index in [1.165, 1.54) is 0 Å². The number of nitrogens with zero attached hydrogens (tertiary/aromatic N) is 4. The molecule has 0 bridgehead atoms. The highest BCUT2D eigenvalue weighted by Crippen LogP contribution is 2.27. The van der Waals surface area contributed by atoms with Gasteiger partial charge in [0.2, 0.25) is 5.91 Å². The normalized spacial score (nSPS) is 10.9. The minimum Gasteiger partial charge on any atom is -0.361 e. The molecular weight excluding hydrogens is 366 g/mol. The van der Waals surface area contributed by atoms with E-state index in [-0.39, 0.29) is 12.5 Å². The minimum absolute atomic E-state index is 0.172. The van der Waals surface area contributed by atoms with Crippen LogP contribution >= 0.6 is 0 Å². The molecule has 3 rings (SSSR count). The summed E-state index contributed by atoms with van der Waals surface area (Å²) in [6, 6.07) is 14.1. The van der Waals surface area contributed by atoms with E-state index >= 15 is 0 Å². The first kappa shape index (κ1) is 20.4. The SMILES string of the molecule is Cc1cc(CN(C)CC(=O)Nc2c(C#N)c(C)c(C)n2Cc2ccccc2)no1. The quantitative estimate of drug-likeness (QED) is 0.667. The molecule has 7 heteroatoms. The van der Waals surface area contributed by atoms with Gasteiger partial charge in [0.15, 0.2) is 0 Å². The Labute approximate surface area is 170 Å². The number of nitriles is 1. The first-order valence-electron chi connectivity index (χ1n) is 9.43. The van der Waals surface area contributed by atoms with Gasteiger partial charge in [0.1, 0.15) is 17.6 Å². The van der Waals surface area contributed by atoms with E-state index in [2.05, 4.69) is 16.5 Å². The van der Waals surface area contributed by atoms with Crippen LogP contribution in [0.25, 0.3) is 0 Å². The second kappa shape index (κ2) is 8.76. The lowest BCUT2D eigenvalue weighted by molar-refractivity contribution is -0.117. The van der Waals surface area contributed by atoms with Crippen molar-refractivity contribution in [2.24, 2.45) is 0 Å². The van der Waals surface area contributed by atoms with Crippen LogP contribution in [-0.2, 0) is 17.9 Å². The summed E-state index contributed by atoms with van der Waals surface area (Å²) in [5, 5.41) is 16.6. The van der Waals surface area contributed by atoms with Gasteiger partial charge in [-0.05, 0) is 38.9 Å². The molecule has 7 nitrogen and oxygen atoms in total. The van der Waals surface area contributed by atoms with Gasteiger partial charge in [0.25, 0.3) is 0 Å². The fourth-order valence-corrected chi connectivity index (χ4v) is 3.34. The number of anilines is 1. The first-order chi connectivity index (χ1) is 13.9. The maximum atomic E-state index is 12.7. The smallest absolute Gasteiger partial charge is 0.239 e. The number of hydrogen-bond donors (Lipinski definition) is 1. The third kappa shape index (κ3) is 4.73. The van der Waals surface area contributed by atoms with Gasteiger partial charge in [0.05, 0.1) is 17.8 Å². The van der Waals surface area contributed by atoms with Crippen molar-refractivity contribution in [3.63, 3.8) is 0 Å². The highest BCUT2D eigenvalue weighted by molar-refractivity contribution is 5.93. The van der Waals surface area contributed by atoms with Gasteiger partial charge >= 0.3 is 0 Å². The number of aryl methyl sites for hydroxylation is 1. The van der Waals surface area contributed by atoms with E-state index in [9.17, 15) is 10.1 Å².